The smallest absolute Gasteiger partial charge is 0.227 e. The summed E-state index contributed by atoms with van der Waals surface area (Å²) >= 11 is 0. The number of hydrogen-bond donors (Lipinski definition) is 1. The number of carbonyl (C=O) groups is 1. The number of fused-ring (bicyclic) bond motifs is 2. The van der Waals surface area contributed by atoms with Crippen LogP contribution >= 0.6 is 0 Å². The zero-order valence-electron chi connectivity index (χ0n) is 10.5. The Balaban J connectivity index is 1.69. The van der Waals surface area contributed by atoms with Gasteiger partial charge in [0.1, 0.15) is 0 Å². The van der Waals surface area contributed by atoms with Gasteiger partial charge in [0.05, 0.1) is 18.6 Å². The zero-order chi connectivity index (χ0) is 12.0. The van der Waals surface area contributed by atoms with Crippen LogP contribution in [-0.2, 0) is 9.53 Å². The molecule has 1 aliphatic heterocycles. The van der Waals surface area contributed by atoms with Gasteiger partial charge in [0.15, 0.2) is 0 Å². The normalized spacial score (nSPS) is 44.2. The van der Waals surface area contributed by atoms with E-state index in [1.165, 1.54) is 19.3 Å². The highest BCUT2D eigenvalue weighted by molar-refractivity contribution is 5.80. The van der Waals surface area contributed by atoms with Crippen LogP contribution < -0.4 is 5.73 Å². The van der Waals surface area contributed by atoms with E-state index in [1.807, 2.05) is 11.9 Å². The fourth-order valence-electron chi connectivity index (χ4n) is 3.94. The maximum absolute atomic E-state index is 12.5. The van der Waals surface area contributed by atoms with Crippen molar-refractivity contribution in [1.29, 1.82) is 0 Å². The summed E-state index contributed by atoms with van der Waals surface area (Å²) in [5.41, 5.74) is 6.22. The number of nitrogens with two attached hydrogens (primary N) is 1. The van der Waals surface area contributed by atoms with Crippen LogP contribution in [0.2, 0.25) is 0 Å². The number of likely N-dealkylation sites (N-methyl/N-ethyl adjacent to an activating group) is 1. The highest BCUT2D eigenvalue weighted by atomic mass is 16.5. The summed E-state index contributed by atoms with van der Waals surface area (Å²) in [7, 11) is 1.92. The third-order valence-corrected chi connectivity index (χ3v) is 5.07. The highest BCUT2D eigenvalue weighted by Gasteiger charge is 2.50. The molecule has 0 aromatic carbocycles. The molecule has 5 unspecified atom stereocenters. The molecule has 0 aromatic heterocycles. The Labute approximate surface area is 102 Å². The van der Waals surface area contributed by atoms with Gasteiger partial charge in [0.2, 0.25) is 5.91 Å². The molecule has 3 aliphatic rings. The molecule has 17 heavy (non-hydrogen) atoms. The second-order valence-electron chi connectivity index (χ2n) is 5.90. The summed E-state index contributed by atoms with van der Waals surface area (Å²) in [4.78, 5) is 14.4. The van der Waals surface area contributed by atoms with Crippen molar-refractivity contribution < 1.29 is 9.53 Å². The molecule has 5 atom stereocenters. The maximum atomic E-state index is 12.5. The van der Waals surface area contributed by atoms with Crippen molar-refractivity contribution in [2.24, 2.45) is 23.5 Å². The van der Waals surface area contributed by atoms with Gasteiger partial charge < -0.3 is 15.4 Å². The van der Waals surface area contributed by atoms with Crippen LogP contribution in [0, 0.1) is 17.8 Å². The molecule has 0 aromatic rings. The highest BCUT2D eigenvalue weighted by Crippen LogP contribution is 2.48. The summed E-state index contributed by atoms with van der Waals surface area (Å²) < 4.78 is 5.35. The van der Waals surface area contributed by atoms with E-state index in [0.29, 0.717) is 18.4 Å². The Kier molecular flexibility index (Phi) is 2.87. The molecule has 1 heterocycles. The van der Waals surface area contributed by atoms with Gasteiger partial charge in [-0.15, -0.1) is 0 Å². The van der Waals surface area contributed by atoms with Crippen molar-refractivity contribution in [3.05, 3.63) is 0 Å². The largest absolute Gasteiger partial charge is 0.379 e. The third kappa shape index (κ3) is 1.78. The van der Waals surface area contributed by atoms with Gasteiger partial charge in [0.25, 0.3) is 0 Å². The van der Waals surface area contributed by atoms with E-state index in [0.717, 1.165) is 13.0 Å². The second-order valence-corrected chi connectivity index (χ2v) is 5.90. The minimum absolute atomic E-state index is 0.0827. The number of amides is 1. The lowest BCUT2D eigenvalue weighted by Gasteiger charge is -2.33. The average Bonchev–Trinajstić information content (AvgIpc) is 3.03. The maximum Gasteiger partial charge on any atom is 0.227 e. The molecule has 2 N–H and O–H groups in total. The minimum atomic E-state index is 0.0827. The average molecular weight is 238 g/mol. The van der Waals surface area contributed by atoms with E-state index in [2.05, 4.69) is 0 Å². The summed E-state index contributed by atoms with van der Waals surface area (Å²) in [6.07, 6.45) is 4.57. The van der Waals surface area contributed by atoms with Crippen LogP contribution in [0.25, 0.3) is 0 Å². The fourth-order valence-corrected chi connectivity index (χ4v) is 3.94. The zero-order valence-corrected chi connectivity index (χ0v) is 10.5. The molecule has 96 valence electrons. The molecule has 4 nitrogen and oxygen atoms in total. The first kappa shape index (κ1) is 11.5. The van der Waals surface area contributed by atoms with E-state index >= 15 is 0 Å². The van der Waals surface area contributed by atoms with Gasteiger partial charge in [-0.1, -0.05) is 0 Å². The van der Waals surface area contributed by atoms with Crippen molar-refractivity contribution >= 4 is 5.91 Å². The lowest BCUT2D eigenvalue weighted by molar-refractivity contribution is -0.138. The Morgan fingerprint density at radius 3 is 2.65 bits per heavy atom. The summed E-state index contributed by atoms with van der Waals surface area (Å²) in [5.74, 6) is 1.49. The molecule has 2 bridgehead atoms. The van der Waals surface area contributed by atoms with E-state index in [1.54, 1.807) is 0 Å². The van der Waals surface area contributed by atoms with Crippen LogP contribution in [0.5, 0.6) is 0 Å². The number of rotatable bonds is 2. The molecule has 2 aliphatic carbocycles. The molecule has 1 amide bonds. The summed E-state index contributed by atoms with van der Waals surface area (Å²) in [6.45, 7) is 1.48. The fraction of sp³-hybridized carbons (Fsp3) is 0.923. The van der Waals surface area contributed by atoms with Crippen molar-refractivity contribution in [3.8, 4) is 0 Å². The monoisotopic (exact) mass is 238 g/mol. The standard InChI is InChI=1S/C13H22N2O2/c1-15(10-4-5-17-7-10)13(16)11-8-2-3-9(6-8)12(11)14/h8-12H,2-7,14H2,1H3. The lowest BCUT2D eigenvalue weighted by Crippen LogP contribution is -2.49. The lowest BCUT2D eigenvalue weighted by atomic mass is 9.84. The van der Waals surface area contributed by atoms with Gasteiger partial charge >= 0.3 is 0 Å². The molecule has 3 fully saturated rings. The van der Waals surface area contributed by atoms with Crippen LogP contribution in [0.3, 0.4) is 0 Å². The molecule has 0 spiro atoms. The molecule has 4 heteroatoms. The first-order valence-corrected chi connectivity index (χ1v) is 6.78. The van der Waals surface area contributed by atoms with Gasteiger partial charge in [-0.05, 0) is 37.5 Å². The van der Waals surface area contributed by atoms with E-state index in [-0.39, 0.29) is 23.9 Å². The van der Waals surface area contributed by atoms with Crippen LogP contribution in [0.15, 0.2) is 0 Å². The topological polar surface area (TPSA) is 55.6 Å². The van der Waals surface area contributed by atoms with Crippen molar-refractivity contribution in [2.75, 3.05) is 20.3 Å². The summed E-state index contributed by atoms with van der Waals surface area (Å²) in [5, 5.41) is 0. The first-order valence-electron chi connectivity index (χ1n) is 6.78. The minimum Gasteiger partial charge on any atom is -0.379 e. The van der Waals surface area contributed by atoms with Gasteiger partial charge in [-0.2, -0.15) is 0 Å². The SMILES string of the molecule is CN(C(=O)C1C2CCC(C2)C1N)C1CCOC1. The number of carbonyl (C=O) groups excluding carboxylic acids is 1. The molecule has 1 saturated heterocycles. The van der Waals surface area contributed by atoms with Crippen molar-refractivity contribution in [3.63, 3.8) is 0 Å². The predicted molar refractivity (Wildman–Crippen MR) is 64.3 cm³/mol. The Bertz CT molecular complexity index is 313. The first-order chi connectivity index (χ1) is 8.18. The molecular formula is C13H22N2O2. The predicted octanol–water partition coefficient (Wildman–Crippen LogP) is 0.607. The second kappa shape index (κ2) is 4.25. The van der Waals surface area contributed by atoms with Crippen molar-refractivity contribution in [2.45, 2.75) is 37.8 Å². The van der Waals surface area contributed by atoms with Crippen molar-refractivity contribution in [1.82, 2.24) is 4.90 Å². The Morgan fingerprint density at radius 2 is 2.06 bits per heavy atom. The number of hydrogen-bond acceptors (Lipinski definition) is 3. The Hall–Kier alpha value is -0.610. The molecular weight excluding hydrogens is 216 g/mol. The summed E-state index contributed by atoms with van der Waals surface area (Å²) in [6, 6.07) is 0.375. The van der Waals surface area contributed by atoms with E-state index in [9.17, 15) is 4.79 Å². The number of nitrogens with zero attached hydrogens (tertiary/aromatic N) is 1. The van der Waals surface area contributed by atoms with E-state index in [4.69, 9.17) is 10.5 Å². The van der Waals surface area contributed by atoms with Crippen LogP contribution in [0.1, 0.15) is 25.7 Å². The number of ether oxygens (including phenoxy) is 1. The Morgan fingerprint density at radius 1 is 1.29 bits per heavy atom. The van der Waals surface area contributed by atoms with E-state index < -0.39 is 0 Å². The molecule has 0 radical (unpaired) electrons. The van der Waals surface area contributed by atoms with Crippen LogP contribution in [-0.4, -0.2) is 43.2 Å². The van der Waals surface area contributed by atoms with Gasteiger partial charge in [-0.25, -0.2) is 0 Å². The van der Waals surface area contributed by atoms with Gasteiger partial charge in [0, 0.05) is 19.7 Å². The molecule has 3 rings (SSSR count). The quantitative estimate of drug-likeness (QED) is 0.767. The van der Waals surface area contributed by atoms with Crippen LogP contribution in [0.4, 0.5) is 0 Å². The van der Waals surface area contributed by atoms with Gasteiger partial charge in [-0.3, -0.25) is 4.79 Å². The third-order valence-electron chi connectivity index (χ3n) is 5.07. The molecule has 2 saturated carbocycles.